The molecule has 94 valence electrons. The van der Waals surface area contributed by atoms with Crippen LogP contribution in [0.25, 0.3) is 0 Å². The number of aliphatic hydroxyl groups is 1. The Morgan fingerprint density at radius 3 is 2.44 bits per heavy atom. The lowest BCUT2D eigenvalue weighted by molar-refractivity contribution is 0.151. The number of nitrogens with zero attached hydrogens (tertiary/aromatic N) is 1. The summed E-state index contributed by atoms with van der Waals surface area (Å²) in [6.07, 6.45) is 2.90. The second-order valence-corrected chi connectivity index (χ2v) is 5.45. The highest BCUT2D eigenvalue weighted by atomic mass is 79.9. The van der Waals surface area contributed by atoms with Crippen LogP contribution in [0.1, 0.15) is 30.1 Å². The SMILES string of the molecule is CC(c1ccncc1)C(O)c1ccc(Cl)c(Br)c1. The smallest absolute Gasteiger partial charge is 0.0856 e. The number of pyridine rings is 1. The van der Waals surface area contributed by atoms with E-state index in [4.69, 9.17) is 11.6 Å². The number of aromatic nitrogens is 1. The summed E-state index contributed by atoms with van der Waals surface area (Å²) in [6.45, 7) is 1.99. The van der Waals surface area contributed by atoms with E-state index in [1.54, 1.807) is 18.5 Å². The monoisotopic (exact) mass is 325 g/mol. The standard InChI is InChI=1S/C14H13BrClNO/c1-9(10-4-6-17-7-5-10)14(18)11-2-3-13(16)12(15)8-11/h2-9,14,18H,1H3. The molecule has 0 spiro atoms. The third-order valence-corrected chi connectivity index (χ3v) is 4.20. The molecule has 18 heavy (non-hydrogen) atoms. The van der Waals surface area contributed by atoms with E-state index in [1.165, 1.54) is 0 Å². The molecule has 1 heterocycles. The second-order valence-electron chi connectivity index (χ2n) is 4.19. The van der Waals surface area contributed by atoms with E-state index < -0.39 is 6.10 Å². The number of benzene rings is 1. The number of hydrogen-bond donors (Lipinski definition) is 1. The molecule has 0 aliphatic carbocycles. The minimum atomic E-state index is -0.569. The first-order valence-corrected chi connectivity index (χ1v) is 6.79. The maximum atomic E-state index is 10.4. The van der Waals surface area contributed by atoms with Crippen molar-refractivity contribution in [1.82, 2.24) is 4.98 Å². The van der Waals surface area contributed by atoms with E-state index in [0.717, 1.165) is 15.6 Å². The summed E-state index contributed by atoms with van der Waals surface area (Å²) < 4.78 is 0.794. The highest BCUT2D eigenvalue weighted by Crippen LogP contribution is 2.33. The van der Waals surface area contributed by atoms with E-state index in [1.807, 2.05) is 31.2 Å². The lowest BCUT2D eigenvalue weighted by Gasteiger charge is -2.20. The molecule has 2 nitrogen and oxygen atoms in total. The Balaban J connectivity index is 2.25. The van der Waals surface area contributed by atoms with Gasteiger partial charge in [0, 0.05) is 22.8 Å². The Morgan fingerprint density at radius 1 is 1.17 bits per heavy atom. The van der Waals surface area contributed by atoms with Crippen LogP contribution >= 0.6 is 27.5 Å². The van der Waals surface area contributed by atoms with E-state index in [9.17, 15) is 5.11 Å². The summed E-state index contributed by atoms with van der Waals surface area (Å²) in [5, 5.41) is 11.0. The average Bonchev–Trinajstić information content (AvgIpc) is 2.41. The van der Waals surface area contributed by atoms with Gasteiger partial charge in [0.15, 0.2) is 0 Å². The predicted molar refractivity (Wildman–Crippen MR) is 76.8 cm³/mol. The van der Waals surface area contributed by atoms with Gasteiger partial charge in [0.05, 0.1) is 11.1 Å². The minimum absolute atomic E-state index is 0.000996. The van der Waals surface area contributed by atoms with Gasteiger partial charge < -0.3 is 5.11 Å². The molecule has 1 aromatic carbocycles. The molecule has 2 aromatic rings. The molecule has 1 aromatic heterocycles. The zero-order valence-corrected chi connectivity index (χ0v) is 12.2. The molecule has 2 atom stereocenters. The molecule has 1 N–H and O–H groups in total. The Morgan fingerprint density at radius 2 is 1.83 bits per heavy atom. The van der Waals surface area contributed by atoms with Gasteiger partial charge in [-0.2, -0.15) is 0 Å². The summed E-state index contributed by atoms with van der Waals surface area (Å²) >= 11 is 9.31. The van der Waals surface area contributed by atoms with Crippen LogP contribution < -0.4 is 0 Å². The molecule has 0 radical (unpaired) electrons. The fourth-order valence-corrected chi connectivity index (χ4v) is 2.35. The van der Waals surface area contributed by atoms with Gasteiger partial charge in [0.2, 0.25) is 0 Å². The molecular formula is C14H13BrClNO. The third kappa shape index (κ3) is 2.91. The fourth-order valence-electron chi connectivity index (χ4n) is 1.83. The summed E-state index contributed by atoms with van der Waals surface area (Å²) in [6, 6.07) is 9.31. The predicted octanol–water partition coefficient (Wildman–Crippen LogP) is 4.33. The molecule has 2 unspecified atom stereocenters. The third-order valence-electron chi connectivity index (χ3n) is 2.99. The molecular weight excluding hydrogens is 314 g/mol. The van der Waals surface area contributed by atoms with Crippen molar-refractivity contribution >= 4 is 27.5 Å². The van der Waals surface area contributed by atoms with E-state index >= 15 is 0 Å². The summed E-state index contributed by atoms with van der Waals surface area (Å²) in [5.41, 5.74) is 1.90. The van der Waals surface area contributed by atoms with Crippen molar-refractivity contribution in [2.45, 2.75) is 18.9 Å². The van der Waals surface area contributed by atoms with E-state index in [0.29, 0.717) is 5.02 Å². The number of halogens is 2. The van der Waals surface area contributed by atoms with Crippen molar-refractivity contribution in [3.8, 4) is 0 Å². The quantitative estimate of drug-likeness (QED) is 0.910. The Bertz CT molecular complexity index is 533. The lowest BCUT2D eigenvalue weighted by atomic mass is 9.91. The second kappa shape index (κ2) is 5.83. The maximum Gasteiger partial charge on any atom is 0.0856 e. The van der Waals surface area contributed by atoms with Crippen molar-refractivity contribution < 1.29 is 5.11 Å². The van der Waals surface area contributed by atoms with Crippen LogP contribution in [0.5, 0.6) is 0 Å². The van der Waals surface area contributed by atoms with Crippen LogP contribution in [0.2, 0.25) is 5.02 Å². The van der Waals surface area contributed by atoms with Gasteiger partial charge in [-0.15, -0.1) is 0 Å². The zero-order valence-electron chi connectivity index (χ0n) is 9.85. The van der Waals surface area contributed by atoms with Gasteiger partial charge in [-0.25, -0.2) is 0 Å². The summed E-state index contributed by atoms with van der Waals surface area (Å²) in [5.74, 6) is 0.000996. The van der Waals surface area contributed by atoms with Crippen molar-refractivity contribution in [3.05, 3.63) is 63.3 Å². The maximum absolute atomic E-state index is 10.4. The first-order valence-electron chi connectivity index (χ1n) is 5.62. The topological polar surface area (TPSA) is 33.1 Å². The highest BCUT2D eigenvalue weighted by Gasteiger charge is 2.18. The molecule has 0 saturated carbocycles. The number of hydrogen-bond acceptors (Lipinski definition) is 2. The molecule has 2 rings (SSSR count). The largest absolute Gasteiger partial charge is 0.388 e. The van der Waals surface area contributed by atoms with Gasteiger partial charge in [0.25, 0.3) is 0 Å². The van der Waals surface area contributed by atoms with Gasteiger partial charge in [-0.05, 0) is 51.3 Å². The van der Waals surface area contributed by atoms with Crippen molar-refractivity contribution in [2.24, 2.45) is 0 Å². The molecule has 0 amide bonds. The Kier molecular flexibility index (Phi) is 4.38. The van der Waals surface area contributed by atoms with Crippen molar-refractivity contribution in [1.29, 1.82) is 0 Å². The van der Waals surface area contributed by atoms with Crippen LogP contribution in [0.4, 0.5) is 0 Å². The zero-order chi connectivity index (χ0) is 13.1. The van der Waals surface area contributed by atoms with Gasteiger partial charge >= 0.3 is 0 Å². The Labute approximate surface area is 120 Å². The van der Waals surface area contributed by atoms with Gasteiger partial charge in [-0.1, -0.05) is 24.6 Å². The first-order chi connectivity index (χ1) is 8.59. The van der Waals surface area contributed by atoms with Crippen LogP contribution in [-0.4, -0.2) is 10.1 Å². The summed E-state index contributed by atoms with van der Waals surface area (Å²) in [4.78, 5) is 3.98. The number of aliphatic hydroxyl groups excluding tert-OH is 1. The molecule has 0 bridgehead atoms. The fraction of sp³-hybridized carbons (Fsp3) is 0.214. The number of rotatable bonds is 3. The van der Waals surface area contributed by atoms with E-state index in [-0.39, 0.29) is 5.92 Å². The van der Waals surface area contributed by atoms with Crippen LogP contribution in [0, 0.1) is 0 Å². The van der Waals surface area contributed by atoms with E-state index in [2.05, 4.69) is 20.9 Å². The molecule has 0 fully saturated rings. The first kappa shape index (κ1) is 13.5. The van der Waals surface area contributed by atoms with Crippen LogP contribution in [0.15, 0.2) is 47.2 Å². The van der Waals surface area contributed by atoms with Crippen LogP contribution in [0.3, 0.4) is 0 Å². The minimum Gasteiger partial charge on any atom is -0.388 e. The van der Waals surface area contributed by atoms with Crippen molar-refractivity contribution in [3.63, 3.8) is 0 Å². The molecule has 0 aliphatic rings. The van der Waals surface area contributed by atoms with Gasteiger partial charge in [0.1, 0.15) is 0 Å². The highest BCUT2D eigenvalue weighted by molar-refractivity contribution is 9.10. The van der Waals surface area contributed by atoms with Crippen molar-refractivity contribution in [2.75, 3.05) is 0 Å². The van der Waals surface area contributed by atoms with Gasteiger partial charge in [-0.3, -0.25) is 4.98 Å². The summed E-state index contributed by atoms with van der Waals surface area (Å²) in [7, 11) is 0. The molecule has 0 aliphatic heterocycles. The Hall–Kier alpha value is -0.900. The average molecular weight is 327 g/mol. The normalized spacial score (nSPS) is 14.2. The van der Waals surface area contributed by atoms with Crippen LogP contribution in [-0.2, 0) is 0 Å². The lowest BCUT2D eigenvalue weighted by Crippen LogP contribution is -2.07. The molecule has 0 saturated heterocycles. The molecule has 4 heteroatoms.